The van der Waals surface area contributed by atoms with E-state index in [9.17, 15) is 19.5 Å². The number of amides is 3. The van der Waals surface area contributed by atoms with Crippen LogP contribution in [0.1, 0.15) is 71.1 Å². The Labute approximate surface area is 159 Å². The van der Waals surface area contributed by atoms with Crippen LogP contribution in [0.25, 0.3) is 0 Å². The number of ether oxygens (including phenoxy) is 1. The van der Waals surface area contributed by atoms with Crippen LogP contribution in [0.15, 0.2) is 0 Å². The zero-order valence-electron chi connectivity index (χ0n) is 16.0. The van der Waals surface area contributed by atoms with E-state index in [2.05, 4.69) is 10.6 Å². The van der Waals surface area contributed by atoms with E-state index >= 15 is 0 Å². The number of urea groups is 1. The highest BCUT2D eigenvalue weighted by Crippen LogP contribution is 2.62. The van der Waals surface area contributed by atoms with Gasteiger partial charge in [0.2, 0.25) is 0 Å². The Kier molecular flexibility index (Phi) is 4.69. The van der Waals surface area contributed by atoms with Gasteiger partial charge in [-0.3, -0.25) is 14.9 Å². The summed E-state index contributed by atoms with van der Waals surface area (Å²) in [6.45, 7) is 1.49. The molecule has 5 aliphatic rings. The van der Waals surface area contributed by atoms with Crippen LogP contribution in [0.3, 0.4) is 0 Å². The maximum Gasteiger partial charge on any atom is 0.321 e. The lowest BCUT2D eigenvalue weighted by molar-refractivity contribution is -0.199. The van der Waals surface area contributed by atoms with E-state index in [1.165, 1.54) is 6.92 Å². The van der Waals surface area contributed by atoms with E-state index in [1.807, 2.05) is 0 Å². The first-order valence-electron chi connectivity index (χ1n) is 10.3. The first-order valence-corrected chi connectivity index (χ1v) is 10.3. The van der Waals surface area contributed by atoms with Crippen molar-refractivity contribution in [1.29, 1.82) is 0 Å². The van der Waals surface area contributed by atoms with Crippen molar-refractivity contribution in [2.24, 2.45) is 17.3 Å². The highest BCUT2D eigenvalue weighted by Gasteiger charge is 2.61. The van der Waals surface area contributed by atoms with Crippen LogP contribution in [0.2, 0.25) is 0 Å². The zero-order chi connectivity index (χ0) is 19.2. The summed E-state index contributed by atoms with van der Waals surface area (Å²) in [6.07, 6.45) is 7.53. The number of hydrogen-bond donors (Lipinski definition) is 3. The predicted molar refractivity (Wildman–Crippen MR) is 96.5 cm³/mol. The average molecular weight is 378 g/mol. The Morgan fingerprint density at radius 2 is 1.70 bits per heavy atom. The minimum absolute atomic E-state index is 0.114. The zero-order valence-corrected chi connectivity index (χ0v) is 16.0. The van der Waals surface area contributed by atoms with Crippen LogP contribution < -0.4 is 10.6 Å². The average Bonchev–Trinajstić information content (AvgIpc) is 3.05. The van der Waals surface area contributed by atoms with Gasteiger partial charge in [-0.2, -0.15) is 0 Å². The Balaban J connectivity index is 1.32. The lowest BCUT2D eigenvalue weighted by Gasteiger charge is -2.58. The molecule has 5 fully saturated rings. The second kappa shape index (κ2) is 6.76. The second-order valence-corrected chi connectivity index (χ2v) is 9.46. The predicted octanol–water partition coefficient (Wildman–Crippen LogP) is 2.02. The minimum Gasteiger partial charge on any atom is -0.452 e. The molecular weight excluding hydrogens is 348 g/mol. The van der Waals surface area contributed by atoms with Gasteiger partial charge >= 0.3 is 12.0 Å². The van der Waals surface area contributed by atoms with Crippen molar-refractivity contribution in [1.82, 2.24) is 10.6 Å². The summed E-state index contributed by atoms with van der Waals surface area (Å²) in [5.74, 6) is -0.272. The first kappa shape index (κ1) is 18.7. The van der Waals surface area contributed by atoms with Gasteiger partial charge in [-0.05, 0) is 70.1 Å². The third-order valence-corrected chi connectivity index (χ3v) is 7.04. The van der Waals surface area contributed by atoms with Gasteiger partial charge in [0.15, 0.2) is 6.10 Å². The molecule has 5 rings (SSSR count). The highest BCUT2D eigenvalue weighted by molar-refractivity contribution is 5.97. The fraction of sp³-hybridized carbons (Fsp3) is 0.850. The molecule has 0 aromatic rings. The summed E-state index contributed by atoms with van der Waals surface area (Å²) in [5.41, 5.74) is -1.42. The van der Waals surface area contributed by atoms with Crippen LogP contribution >= 0.6 is 0 Å². The lowest BCUT2D eigenvalue weighted by Crippen LogP contribution is -2.59. The molecule has 0 unspecified atom stereocenters. The van der Waals surface area contributed by atoms with Crippen molar-refractivity contribution in [3.8, 4) is 0 Å². The van der Waals surface area contributed by atoms with Crippen LogP contribution in [0.4, 0.5) is 4.79 Å². The molecule has 0 radical (unpaired) electrons. The molecule has 7 nitrogen and oxygen atoms in total. The molecular formula is C20H30N2O5. The first-order chi connectivity index (χ1) is 12.8. The van der Waals surface area contributed by atoms with Gasteiger partial charge in [0.1, 0.15) is 0 Å². The van der Waals surface area contributed by atoms with Crippen LogP contribution in [0.5, 0.6) is 0 Å². The molecule has 0 saturated heterocycles. The molecule has 3 amide bonds. The Hall–Kier alpha value is -1.63. The maximum atomic E-state index is 12.9. The number of aliphatic hydroxyl groups is 1. The summed E-state index contributed by atoms with van der Waals surface area (Å²) >= 11 is 0. The van der Waals surface area contributed by atoms with E-state index in [4.69, 9.17) is 4.74 Å². The molecule has 3 atom stereocenters. The van der Waals surface area contributed by atoms with Crippen LogP contribution in [-0.2, 0) is 14.3 Å². The van der Waals surface area contributed by atoms with Gasteiger partial charge in [0.05, 0.1) is 11.0 Å². The second-order valence-electron chi connectivity index (χ2n) is 9.46. The molecule has 0 heterocycles. The summed E-state index contributed by atoms with van der Waals surface area (Å²) in [4.78, 5) is 37.1. The van der Waals surface area contributed by atoms with Gasteiger partial charge in [0.25, 0.3) is 5.91 Å². The van der Waals surface area contributed by atoms with Crippen LogP contribution in [0, 0.1) is 17.3 Å². The van der Waals surface area contributed by atoms with Gasteiger partial charge in [-0.25, -0.2) is 4.79 Å². The minimum atomic E-state index is -1.03. The normalized spacial score (nSPS) is 38.4. The van der Waals surface area contributed by atoms with Gasteiger partial charge in [0, 0.05) is 6.04 Å². The molecule has 4 bridgehead atoms. The van der Waals surface area contributed by atoms with Crippen molar-refractivity contribution in [3.05, 3.63) is 0 Å². The number of imide groups is 1. The Morgan fingerprint density at radius 3 is 2.30 bits per heavy atom. The molecule has 0 aromatic heterocycles. The largest absolute Gasteiger partial charge is 0.452 e. The number of hydrogen-bond acceptors (Lipinski definition) is 5. The molecule has 0 aromatic carbocycles. The van der Waals surface area contributed by atoms with E-state index in [1.54, 1.807) is 0 Å². The number of carbonyl (C=O) groups is 3. The molecule has 7 heteroatoms. The summed E-state index contributed by atoms with van der Waals surface area (Å²) in [7, 11) is 0. The fourth-order valence-electron chi connectivity index (χ4n) is 6.30. The monoisotopic (exact) mass is 378 g/mol. The fourth-order valence-corrected chi connectivity index (χ4v) is 6.30. The van der Waals surface area contributed by atoms with Crippen molar-refractivity contribution in [2.75, 3.05) is 0 Å². The third kappa shape index (κ3) is 3.71. The van der Waals surface area contributed by atoms with Crippen molar-refractivity contribution < 1.29 is 24.2 Å². The van der Waals surface area contributed by atoms with Crippen LogP contribution in [-0.4, -0.2) is 40.8 Å². The van der Waals surface area contributed by atoms with E-state index in [-0.39, 0.29) is 6.04 Å². The Bertz CT molecular complexity index is 628. The lowest BCUT2D eigenvalue weighted by atomic mass is 9.48. The molecule has 0 aliphatic heterocycles. The Morgan fingerprint density at radius 1 is 1.07 bits per heavy atom. The summed E-state index contributed by atoms with van der Waals surface area (Å²) in [5, 5.41) is 15.8. The van der Waals surface area contributed by atoms with Gasteiger partial charge in [-0.1, -0.05) is 12.8 Å². The van der Waals surface area contributed by atoms with E-state index in [0.29, 0.717) is 18.3 Å². The van der Waals surface area contributed by atoms with Gasteiger partial charge < -0.3 is 15.2 Å². The molecule has 3 N–H and O–H groups in total. The molecule has 5 aliphatic carbocycles. The van der Waals surface area contributed by atoms with E-state index < -0.39 is 35.0 Å². The number of nitrogens with one attached hydrogen (secondary N) is 2. The SMILES string of the molecule is C[C@H](OC(=O)C12C[C@H]3C[C@@H](CC(O)(C3)C1)C2)C(=O)NC(=O)NC1CCCC1. The van der Waals surface area contributed by atoms with Crippen molar-refractivity contribution >= 4 is 17.9 Å². The number of esters is 1. The highest BCUT2D eigenvalue weighted by atomic mass is 16.5. The standard InChI is InChI=1S/C20H30N2O5/c1-12(16(23)22-18(25)21-15-4-2-3-5-15)27-17(24)19-7-13-6-14(8-19)10-20(26,9-13)11-19/h12-15,26H,2-11H2,1H3,(H2,21,22,23,25)/t12-,13+,14+,19?,20?/m0/s1. The molecule has 0 spiro atoms. The maximum absolute atomic E-state index is 12.9. The smallest absolute Gasteiger partial charge is 0.321 e. The molecule has 150 valence electrons. The quantitative estimate of drug-likeness (QED) is 0.649. The van der Waals surface area contributed by atoms with Crippen molar-refractivity contribution in [2.45, 2.75) is 88.9 Å². The number of carbonyl (C=O) groups excluding carboxylic acids is 3. The summed E-state index contributed by atoms with van der Waals surface area (Å²) in [6, 6.07) is -0.415. The summed E-state index contributed by atoms with van der Waals surface area (Å²) < 4.78 is 5.47. The molecule has 5 saturated carbocycles. The third-order valence-electron chi connectivity index (χ3n) is 7.04. The molecule has 27 heavy (non-hydrogen) atoms. The van der Waals surface area contributed by atoms with Gasteiger partial charge in [-0.15, -0.1) is 0 Å². The van der Waals surface area contributed by atoms with Crippen molar-refractivity contribution in [3.63, 3.8) is 0 Å². The number of rotatable bonds is 4. The van der Waals surface area contributed by atoms with E-state index in [0.717, 1.165) is 57.8 Å². The topological polar surface area (TPSA) is 105 Å².